The molecule has 138 valence electrons. The van der Waals surface area contributed by atoms with Crippen LogP contribution >= 0.6 is 0 Å². The number of hydrogen-bond acceptors (Lipinski definition) is 3. The Bertz CT molecular complexity index is 864. The van der Waals surface area contributed by atoms with Crippen molar-refractivity contribution in [3.05, 3.63) is 84.4 Å². The molecule has 3 rings (SSSR count). The van der Waals surface area contributed by atoms with E-state index in [2.05, 4.69) is 10.6 Å². The first-order valence-electron chi connectivity index (χ1n) is 8.76. The number of rotatable bonds is 7. The van der Waals surface area contributed by atoms with Gasteiger partial charge in [-0.2, -0.15) is 0 Å². The van der Waals surface area contributed by atoms with Crippen LogP contribution in [0.1, 0.15) is 5.56 Å². The third kappa shape index (κ3) is 6.08. The van der Waals surface area contributed by atoms with Crippen molar-refractivity contribution < 1.29 is 14.3 Å². The van der Waals surface area contributed by atoms with E-state index in [4.69, 9.17) is 9.47 Å². The molecule has 2 N–H and O–H groups in total. The third-order valence-corrected chi connectivity index (χ3v) is 3.74. The van der Waals surface area contributed by atoms with Crippen LogP contribution in [0.4, 0.5) is 10.5 Å². The maximum absolute atomic E-state index is 11.9. The second kappa shape index (κ2) is 9.29. The van der Waals surface area contributed by atoms with Gasteiger partial charge in [-0.15, -0.1) is 0 Å². The van der Waals surface area contributed by atoms with Crippen LogP contribution < -0.4 is 20.1 Å². The van der Waals surface area contributed by atoms with Crippen molar-refractivity contribution in [2.45, 2.75) is 6.92 Å². The van der Waals surface area contributed by atoms with E-state index in [1.165, 1.54) is 0 Å². The predicted molar refractivity (Wildman–Crippen MR) is 107 cm³/mol. The number of carbonyl (C=O) groups excluding carboxylic acids is 1. The normalized spacial score (nSPS) is 10.1. The summed E-state index contributed by atoms with van der Waals surface area (Å²) in [6, 6.07) is 24.3. The SMILES string of the molecule is Cc1cccc(OCCNC(=O)Nc2ccc(Oc3ccccc3)cc2)c1. The zero-order chi connectivity index (χ0) is 18.9. The van der Waals surface area contributed by atoms with E-state index in [0.717, 1.165) is 17.1 Å². The molecule has 0 aliphatic heterocycles. The molecule has 5 heteroatoms. The Labute approximate surface area is 158 Å². The van der Waals surface area contributed by atoms with Crippen LogP contribution in [-0.2, 0) is 0 Å². The van der Waals surface area contributed by atoms with Crippen molar-refractivity contribution in [1.29, 1.82) is 0 Å². The smallest absolute Gasteiger partial charge is 0.319 e. The van der Waals surface area contributed by atoms with Crippen LogP contribution in [0.15, 0.2) is 78.9 Å². The van der Waals surface area contributed by atoms with Crippen molar-refractivity contribution in [1.82, 2.24) is 5.32 Å². The Morgan fingerprint density at radius 3 is 2.30 bits per heavy atom. The summed E-state index contributed by atoms with van der Waals surface area (Å²) in [4.78, 5) is 11.9. The molecule has 0 saturated heterocycles. The molecule has 0 atom stereocenters. The van der Waals surface area contributed by atoms with Crippen LogP contribution in [0.25, 0.3) is 0 Å². The van der Waals surface area contributed by atoms with Crippen molar-refractivity contribution in [3.63, 3.8) is 0 Å². The van der Waals surface area contributed by atoms with Crippen LogP contribution in [0.5, 0.6) is 17.2 Å². The van der Waals surface area contributed by atoms with Crippen molar-refractivity contribution in [2.75, 3.05) is 18.5 Å². The number of anilines is 1. The number of aryl methyl sites for hydroxylation is 1. The Morgan fingerprint density at radius 2 is 1.56 bits per heavy atom. The molecule has 0 aliphatic carbocycles. The third-order valence-electron chi connectivity index (χ3n) is 3.74. The first kappa shape index (κ1) is 18.3. The van der Waals surface area contributed by atoms with Gasteiger partial charge in [0.25, 0.3) is 0 Å². The quantitative estimate of drug-likeness (QED) is 0.582. The average Bonchev–Trinajstić information content (AvgIpc) is 2.68. The number of ether oxygens (including phenoxy) is 2. The van der Waals surface area contributed by atoms with Gasteiger partial charge in [-0.1, -0.05) is 30.3 Å². The van der Waals surface area contributed by atoms with Gasteiger partial charge in [-0.3, -0.25) is 0 Å². The zero-order valence-electron chi connectivity index (χ0n) is 15.1. The van der Waals surface area contributed by atoms with Gasteiger partial charge in [-0.05, 0) is 61.0 Å². The molecule has 2 amide bonds. The zero-order valence-corrected chi connectivity index (χ0v) is 15.1. The molecule has 0 fully saturated rings. The summed E-state index contributed by atoms with van der Waals surface area (Å²) < 4.78 is 11.3. The summed E-state index contributed by atoms with van der Waals surface area (Å²) >= 11 is 0. The molecule has 0 heterocycles. The molecule has 3 aromatic carbocycles. The highest BCUT2D eigenvalue weighted by molar-refractivity contribution is 5.89. The van der Waals surface area contributed by atoms with Gasteiger partial charge < -0.3 is 20.1 Å². The molecular formula is C22H22N2O3. The van der Waals surface area contributed by atoms with E-state index in [1.807, 2.05) is 73.7 Å². The number of amides is 2. The minimum Gasteiger partial charge on any atom is -0.492 e. The number of urea groups is 1. The molecule has 0 spiro atoms. The number of nitrogens with one attached hydrogen (secondary N) is 2. The number of benzene rings is 3. The standard InChI is InChI=1S/C22H22N2O3/c1-17-6-5-9-21(16-17)26-15-14-23-22(25)24-18-10-12-20(13-11-18)27-19-7-3-2-4-8-19/h2-13,16H,14-15H2,1H3,(H2,23,24,25). The maximum atomic E-state index is 11.9. The fraction of sp³-hybridized carbons (Fsp3) is 0.136. The van der Waals surface area contributed by atoms with E-state index >= 15 is 0 Å². The number of carbonyl (C=O) groups is 1. The highest BCUT2D eigenvalue weighted by atomic mass is 16.5. The van der Waals surface area contributed by atoms with E-state index in [9.17, 15) is 4.79 Å². The Kier molecular flexibility index (Phi) is 6.30. The molecule has 0 unspecified atom stereocenters. The molecular weight excluding hydrogens is 340 g/mol. The van der Waals surface area contributed by atoms with Gasteiger partial charge in [0.15, 0.2) is 0 Å². The summed E-state index contributed by atoms with van der Waals surface area (Å²) in [6.45, 7) is 2.82. The van der Waals surface area contributed by atoms with Gasteiger partial charge in [-0.25, -0.2) is 4.79 Å². The second-order valence-corrected chi connectivity index (χ2v) is 5.99. The van der Waals surface area contributed by atoms with Crippen LogP contribution in [0.2, 0.25) is 0 Å². The van der Waals surface area contributed by atoms with E-state index < -0.39 is 0 Å². The summed E-state index contributed by atoms with van der Waals surface area (Å²) in [5, 5.41) is 5.54. The predicted octanol–water partition coefficient (Wildman–Crippen LogP) is 4.99. The fourth-order valence-electron chi connectivity index (χ4n) is 2.44. The lowest BCUT2D eigenvalue weighted by molar-refractivity contribution is 0.247. The molecule has 5 nitrogen and oxygen atoms in total. The molecule has 0 bridgehead atoms. The van der Waals surface area contributed by atoms with Crippen LogP contribution in [0, 0.1) is 6.92 Å². The highest BCUT2D eigenvalue weighted by Gasteiger charge is 2.03. The van der Waals surface area contributed by atoms with Crippen LogP contribution in [-0.4, -0.2) is 19.2 Å². The van der Waals surface area contributed by atoms with Gasteiger partial charge in [0.1, 0.15) is 23.9 Å². The summed E-state index contributed by atoms with van der Waals surface area (Å²) in [5.74, 6) is 2.27. The largest absolute Gasteiger partial charge is 0.492 e. The highest BCUT2D eigenvalue weighted by Crippen LogP contribution is 2.22. The van der Waals surface area contributed by atoms with Crippen molar-refractivity contribution in [2.24, 2.45) is 0 Å². The topological polar surface area (TPSA) is 59.6 Å². The lowest BCUT2D eigenvalue weighted by atomic mass is 10.2. The Morgan fingerprint density at radius 1 is 0.852 bits per heavy atom. The number of hydrogen-bond donors (Lipinski definition) is 2. The summed E-state index contributed by atoms with van der Waals surface area (Å²) in [7, 11) is 0. The van der Waals surface area contributed by atoms with E-state index in [-0.39, 0.29) is 6.03 Å². The van der Waals surface area contributed by atoms with Gasteiger partial charge in [0, 0.05) is 5.69 Å². The Balaban J connectivity index is 1.40. The van der Waals surface area contributed by atoms with Crippen molar-refractivity contribution >= 4 is 11.7 Å². The van der Waals surface area contributed by atoms with Gasteiger partial charge >= 0.3 is 6.03 Å². The minimum absolute atomic E-state index is 0.278. The molecule has 27 heavy (non-hydrogen) atoms. The van der Waals surface area contributed by atoms with Crippen LogP contribution in [0.3, 0.4) is 0 Å². The molecule has 0 aromatic heterocycles. The molecule has 0 saturated carbocycles. The number of para-hydroxylation sites is 1. The second-order valence-electron chi connectivity index (χ2n) is 5.99. The monoisotopic (exact) mass is 362 g/mol. The van der Waals surface area contributed by atoms with E-state index in [1.54, 1.807) is 12.1 Å². The van der Waals surface area contributed by atoms with Crippen molar-refractivity contribution in [3.8, 4) is 17.2 Å². The Hall–Kier alpha value is -3.47. The van der Waals surface area contributed by atoms with Gasteiger partial charge in [0.2, 0.25) is 0 Å². The first-order chi connectivity index (χ1) is 13.2. The minimum atomic E-state index is -0.278. The summed E-state index contributed by atoms with van der Waals surface area (Å²) in [5.41, 5.74) is 1.82. The molecule has 0 aliphatic rings. The lowest BCUT2D eigenvalue weighted by Crippen LogP contribution is -2.32. The molecule has 3 aromatic rings. The van der Waals surface area contributed by atoms with E-state index in [0.29, 0.717) is 24.6 Å². The molecule has 0 radical (unpaired) electrons. The lowest BCUT2D eigenvalue weighted by Gasteiger charge is -2.10. The fourth-order valence-corrected chi connectivity index (χ4v) is 2.44. The average molecular weight is 362 g/mol. The first-order valence-corrected chi connectivity index (χ1v) is 8.76. The summed E-state index contributed by atoms with van der Waals surface area (Å²) in [6.07, 6.45) is 0. The van der Waals surface area contributed by atoms with Gasteiger partial charge in [0.05, 0.1) is 6.54 Å². The maximum Gasteiger partial charge on any atom is 0.319 e.